The third-order valence-electron chi connectivity index (χ3n) is 4.24. The molecule has 0 amide bonds. The summed E-state index contributed by atoms with van der Waals surface area (Å²) in [5.74, 6) is 2.21. The molecule has 0 radical (unpaired) electrons. The Morgan fingerprint density at radius 3 is 2.54 bits per heavy atom. The van der Waals surface area contributed by atoms with Gasteiger partial charge in [-0.1, -0.05) is 40.5 Å². The van der Waals surface area contributed by atoms with Crippen LogP contribution in [0.3, 0.4) is 0 Å². The van der Waals surface area contributed by atoms with E-state index in [1.165, 1.54) is 25.7 Å². The van der Waals surface area contributed by atoms with Crippen LogP contribution in [-0.2, 0) is 0 Å². The van der Waals surface area contributed by atoms with Gasteiger partial charge in [0.15, 0.2) is 0 Å². The van der Waals surface area contributed by atoms with Gasteiger partial charge in [-0.05, 0) is 30.6 Å². The van der Waals surface area contributed by atoms with E-state index in [4.69, 9.17) is 5.73 Å². The van der Waals surface area contributed by atoms with E-state index in [-0.39, 0.29) is 5.54 Å². The number of hydrogen-bond donors (Lipinski definition) is 1. The highest BCUT2D eigenvalue weighted by atomic mass is 14.8. The molecular weight excluding hydrogens is 158 g/mol. The highest BCUT2D eigenvalue weighted by molar-refractivity contribution is 4.97. The molecule has 0 saturated heterocycles. The Hall–Kier alpha value is -0.0400. The number of rotatable bonds is 2. The molecule has 78 valence electrons. The van der Waals surface area contributed by atoms with Crippen LogP contribution in [0.25, 0.3) is 0 Å². The molecule has 1 aliphatic carbocycles. The topological polar surface area (TPSA) is 26.0 Å². The minimum atomic E-state index is 0.117. The van der Waals surface area contributed by atoms with Crippen LogP contribution in [-0.4, -0.2) is 5.54 Å². The molecule has 0 bridgehead atoms. The van der Waals surface area contributed by atoms with Gasteiger partial charge < -0.3 is 5.73 Å². The molecule has 0 aromatic rings. The maximum atomic E-state index is 6.55. The van der Waals surface area contributed by atoms with E-state index in [0.717, 1.165) is 5.92 Å². The van der Waals surface area contributed by atoms with Gasteiger partial charge in [0.1, 0.15) is 0 Å². The molecule has 0 heterocycles. The fourth-order valence-corrected chi connectivity index (χ4v) is 2.78. The van der Waals surface area contributed by atoms with Crippen molar-refractivity contribution in [2.75, 3.05) is 0 Å². The van der Waals surface area contributed by atoms with E-state index in [1.807, 2.05) is 0 Å². The van der Waals surface area contributed by atoms with E-state index < -0.39 is 0 Å². The fraction of sp³-hybridized carbons (Fsp3) is 1.00. The fourth-order valence-electron chi connectivity index (χ4n) is 2.78. The maximum Gasteiger partial charge on any atom is 0.0208 e. The molecule has 1 rings (SSSR count). The van der Waals surface area contributed by atoms with Crippen molar-refractivity contribution < 1.29 is 0 Å². The van der Waals surface area contributed by atoms with Crippen molar-refractivity contribution in [2.24, 2.45) is 23.5 Å². The molecule has 1 saturated carbocycles. The molecule has 1 fully saturated rings. The van der Waals surface area contributed by atoms with Gasteiger partial charge >= 0.3 is 0 Å². The second-order valence-electron chi connectivity index (χ2n) is 5.21. The summed E-state index contributed by atoms with van der Waals surface area (Å²) >= 11 is 0. The Kier molecular flexibility index (Phi) is 3.39. The molecule has 0 aromatic heterocycles. The minimum absolute atomic E-state index is 0.117. The van der Waals surface area contributed by atoms with Gasteiger partial charge in [-0.25, -0.2) is 0 Å². The first kappa shape index (κ1) is 11.0. The molecular formula is C12H25N. The van der Waals surface area contributed by atoms with Gasteiger partial charge in [-0.15, -0.1) is 0 Å². The van der Waals surface area contributed by atoms with E-state index in [1.54, 1.807) is 0 Å². The zero-order valence-corrected chi connectivity index (χ0v) is 9.64. The smallest absolute Gasteiger partial charge is 0.0208 e. The minimum Gasteiger partial charge on any atom is -0.325 e. The van der Waals surface area contributed by atoms with Gasteiger partial charge in [0, 0.05) is 5.54 Å². The lowest BCUT2D eigenvalue weighted by molar-refractivity contribution is 0.103. The van der Waals surface area contributed by atoms with E-state index in [2.05, 4.69) is 27.7 Å². The Balaban J connectivity index is 2.72. The first-order chi connectivity index (χ1) is 6.00. The molecule has 0 aliphatic heterocycles. The third-order valence-corrected chi connectivity index (χ3v) is 4.24. The van der Waals surface area contributed by atoms with E-state index >= 15 is 0 Å². The summed E-state index contributed by atoms with van der Waals surface area (Å²) < 4.78 is 0. The average Bonchev–Trinajstić information content (AvgIpc) is 2.10. The van der Waals surface area contributed by atoms with Crippen LogP contribution in [0.15, 0.2) is 0 Å². The van der Waals surface area contributed by atoms with E-state index in [9.17, 15) is 0 Å². The second kappa shape index (κ2) is 4.00. The summed E-state index contributed by atoms with van der Waals surface area (Å²) in [4.78, 5) is 0. The van der Waals surface area contributed by atoms with Crippen molar-refractivity contribution in [3.8, 4) is 0 Å². The first-order valence-electron chi connectivity index (χ1n) is 5.79. The average molecular weight is 183 g/mol. The highest BCUT2D eigenvalue weighted by Crippen LogP contribution is 2.40. The molecule has 1 aliphatic rings. The lowest BCUT2D eigenvalue weighted by Gasteiger charge is -2.46. The van der Waals surface area contributed by atoms with Crippen LogP contribution in [0.2, 0.25) is 0 Å². The van der Waals surface area contributed by atoms with Crippen LogP contribution in [0.4, 0.5) is 0 Å². The molecule has 2 N–H and O–H groups in total. The van der Waals surface area contributed by atoms with Crippen molar-refractivity contribution >= 4 is 0 Å². The molecule has 4 unspecified atom stereocenters. The van der Waals surface area contributed by atoms with Gasteiger partial charge in [-0.2, -0.15) is 0 Å². The normalized spacial score (nSPS) is 43.2. The Morgan fingerprint density at radius 1 is 1.38 bits per heavy atom. The number of hydrogen-bond acceptors (Lipinski definition) is 1. The lowest BCUT2D eigenvalue weighted by atomic mass is 9.64. The highest BCUT2D eigenvalue weighted by Gasteiger charge is 2.40. The first-order valence-corrected chi connectivity index (χ1v) is 5.79. The summed E-state index contributed by atoms with van der Waals surface area (Å²) in [5.41, 5.74) is 6.66. The maximum absolute atomic E-state index is 6.55. The Labute approximate surface area is 83.1 Å². The van der Waals surface area contributed by atoms with Crippen molar-refractivity contribution in [2.45, 2.75) is 58.9 Å². The van der Waals surface area contributed by atoms with Crippen molar-refractivity contribution in [3.63, 3.8) is 0 Å². The van der Waals surface area contributed by atoms with Gasteiger partial charge in [0.2, 0.25) is 0 Å². The predicted octanol–water partition coefficient (Wildman–Crippen LogP) is 3.19. The molecule has 4 atom stereocenters. The van der Waals surface area contributed by atoms with Crippen molar-refractivity contribution in [1.29, 1.82) is 0 Å². The zero-order chi connectivity index (χ0) is 10.1. The van der Waals surface area contributed by atoms with Crippen molar-refractivity contribution in [1.82, 2.24) is 0 Å². The Morgan fingerprint density at radius 2 is 2.00 bits per heavy atom. The van der Waals surface area contributed by atoms with Gasteiger partial charge in [-0.3, -0.25) is 0 Å². The second-order valence-corrected chi connectivity index (χ2v) is 5.21. The van der Waals surface area contributed by atoms with Crippen LogP contribution in [0.5, 0.6) is 0 Å². The lowest BCUT2D eigenvalue weighted by Crippen LogP contribution is -2.54. The monoisotopic (exact) mass is 183 g/mol. The SMILES string of the molecule is CCC(C)C1(N)CC(C)CCC1C. The van der Waals surface area contributed by atoms with Crippen LogP contribution < -0.4 is 5.73 Å². The van der Waals surface area contributed by atoms with Crippen LogP contribution in [0.1, 0.15) is 53.4 Å². The zero-order valence-electron chi connectivity index (χ0n) is 9.64. The number of nitrogens with two attached hydrogens (primary N) is 1. The van der Waals surface area contributed by atoms with Gasteiger partial charge in [0.05, 0.1) is 0 Å². The third kappa shape index (κ3) is 2.07. The Bertz CT molecular complexity index is 161. The van der Waals surface area contributed by atoms with Crippen LogP contribution in [0, 0.1) is 17.8 Å². The molecule has 1 heteroatoms. The summed E-state index contributed by atoms with van der Waals surface area (Å²) in [6.45, 7) is 9.24. The molecule has 0 spiro atoms. The quantitative estimate of drug-likeness (QED) is 0.699. The van der Waals surface area contributed by atoms with E-state index in [0.29, 0.717) is 11.8 Å². The molecule has 13 heavy (non-hydrogen) atoms. The van der Waals surface area contributed by atoms with Crippen molar-refractivity contribution in [3.05, 3.63) is 0 Å². The summed E-state index contributed by atoms with van der Waals surface area (Å²) in [7, 11) is 0. The predicted molar refractivity (Wildman–Crippen MR) is 58.6 cm³/mol. The van der Waals surface area contributed by atoms with Crippen LogP contribution >= 0.6 is 0 Å². The molecule has 1 nitrogen and oxygen atoms in total. The summed E-state index contributed by atoms with van der Waals surface area (Å²) in [6, 6.07) is 0. The molecule has 0 aromatic carbocycles. The standard InChI is InChI=1S/C12H25N/c1-5-10(3)12(13)8-9(2)6-7-11(12)4/h9-11H,5-8,13H2,1-4H3. The summed E-state index contributed by atoms with van der Waals surface area (Å²) in [6.07, 6.45) is 5.13. The van der Waals surface area contributed by atoms with Gasteiger partial charge in [0.25, 0.3) is 0 Å². The summed E-state index contributed by atoms with van der Waals surface area (Å²) in [5, 5.41) is 0. The largest absolute Gasteiger partial charge is 0.325 e.